The number of fused-ring (bicyclic) bond motifs is 3. The Bertz CT molecular complexity index is 2400. The molecule has 0 aliphatic rings. The molecule has 0 bridgehead atoms. The lowest BCUT2D eigenvalue weighted by Gasteiger charge is -2.17. The standard InChI is InChI=1S/C40H24F4N4/c41-30-15-9-14-27(22-30)28-18-20-33(39-46-37(25-10-3-1-4-11-25)45-38(47-39)26-12-5-2-6-13-26)35(23-28)48-34-17-8-7-16-31(34)32-21-19-29(24-36(32)48)40(42,43)44/h1-24H. The van der Waals surface area contributed by atoms with Gasteiger partial charge in [0.1, 0.15) is 5.82 Å². The number of hydrogen-bond donors (Lipinski definition) is 0. The van der Waals surface area contributed by atoms with Gasteiger partial charge in [-0.3, -0.25) is 0 Å². The molecule has 0 aliphatic heterocycles. The van der Waals surface area contributed by atoms with Crippen molar-refractivity contribution in [2.24, 2.45) is 0 Å². The minimum atomic E-state index is -4.55. The number of rotatable bonds is 5. The minimum absolute atomic E-state index is 0.335. The monoisotopic (exact) mass is 636 g/mol. The van der Waals surface area contributed by atoms with E-state index in [0.717, 1.165) is 22.6 Å². The summed E-state index contributed by atoms with van der Waals surface area (Å²) in [4.78, 5) is 14.7. The Labute approximate surface area is 272 Å². The second kappa shape index (κ2) is 11.6. The topological polar surface area (TPSA) is 43.6 Å². The largest absolute Gasteiger partial charge is 0.416 e. The fourth-order valence-electron chi connectivity index (χ4n) is 6.09. The Kier molecular flexibility index (Phi) is 7.06. The molecule has 232 valence electrons. The first-order valence-corrected chi connectivity index (χ1v) is 15.2. The lowest BCUT2D eigenvalue weighted by atomic mass is 10.0. The van der Waals surface area contributed by atoms with Gasteiger partial charge >= 0.3 is 6.18 Å². The number of benzene rings is 6. The maximum Gasteiger partial charge on any atom is 0.416 e. The fourth-order valence-corrected chi connectivity index (χ4v) is 6.09. The minimum Gasteiger partial charge on any atom is -0.308 e. The van der Waals surface area contributed by atoms with Crippen molar-refractivity contribution in [1.82, 2.24) is 19.5 Å². The predicted octanol–water partition coefficient (Wildman–Crippen LogP) is 10.8. The number of aromatic nitrogens is 4. The van der Waals surface area contributed by atoms with Gasteiger partial charge < -0.3 is 4.57 Å². The molecule has 0 saturated heterocycles. The lowest BCUT2D eigenvalue weighted by molar-refractivity contribution is -0.137. The zero-order chi connectivity index (χ0) is 32.8. The van der Waals surface area contributed by atoms with Gasteiger partial charge in [0.15, 0.2) is 17.5 Å². The lowest BCUT2D eigenvalue weighted by Crippen LogP contribution is -2.06. The number of nitrogens with zero attached hydrogens (tertiary/aromatic N) is 4. The molecule has 0 N–H and O–H groups in total. The average molecular weight is 637 g/mol. The third-order valence-corrected chi connectivity index (χ3v) is 8.34. The molecule has 4 nitrogen and oxygen atoms in total. The molecule has 6 aromatic carbocycles. The van der Waals surface area contributed by atoms with Crippen molar-refractivity contribution in [2.45, 2.75) is 6.18 Å². The summed E-state index contributed by atoms with van der Waals surface area (Å²) in [6, 6.07) is 42.1. The van der Waals surface area contributed by atoms with E-state index in [0.29, 0.717) is 56.3 Å². The van der Waals surface area contributed by atoms with Crippen molar-refractivity contribution in [3.63, 3.8) is 0 Å². The Morgan fingerprint density at radius 2 is 1.04 bits per heavy atom. The summed E-state index contributed by atoms with van der Waals surface area (Å²) in [7, 11) is 0. The maximum atomic E-state index is 14.4. The molecule has 8 heteroatoms. The molecule has 0 atom stereocenters. The van der Waals surface area contributed by atoms with Gasteiger partial charge in [0.2, 0.25) is 0 Å². The summed E-state index contributed by atoms with van der Waals surface area (Å²) in [6.45, 7) is 0. The second-order valence-corrected chi connectivity index (χ2v) is 11.4. The van der Waals surface area contributed by atoms with Gasteiger partial charge in [-0.1, -0.05) is 103 Å². The third kappa shape index (κ3) is 5.27. The molecule has 0 unspecified atom stereocenters. The molecule has 0 spiro atoms. The first kappa shape index (κ1) is 29.3. The molecule has 8 aromatic rings. The van der Waals surface area contributed by atoms with E-state index in [2.05, 4.69) is 0 Å². The van der Waals surface area contributed by atoms with Crippen molar-refractivity contribution in [3.8, 4) is 51.0 Å². The molecule has 0 fully saturated rings. The van der Waals surface area contributed by atoms with Crippen LogP contribution in [0.25, 0.3) is 72.8 Å². The number of para-hydroxylation sites is 1. The molecule has 48 heavy (non-hydrogen) atoms. The summed E-state index contributed by atoms with van der Waals surface area (Å²) in [6.07, 6.45) is -4.55. The molecule has 0 radical (unpaired) electrons. The Morgan fingerprint density at radius 1 is 0.458 bits per heavy atom. The van der Waals surface area contributed by atoms with Crippen molar-refractivity contribution < 1.29 is 17.6 Å². The Balaban J connectivity index is 1.47. The van der Waals surface area contributed by atoms with Crippen LogP contribution in [-0.2, 0) is 6.18 Å². The van der Waals surface area contributed by atoms with Crippen molar-refractivity contribution >= 4 is 21.8 Å². The Hall–Kier alpha value is -6.15. The summed E-state index contributed by atoms with van der Waals surface area (Å²) in [5.41, 5.74) is 4.25. The highest BCUT2D eigenvalue weighted by Crippen LogP contribution is 2.40. The molecular weight excluding hydrogens is 612 g/mol. The van der Waals surface area contributed by atoms with Gasteiger partial charge in [0.25, 0.3) is 0 Å². The van der Waals surface area contributed by atoms with E-state index >= 15 is 0 Å². The average Bonchev–Trinajstić information content (AvgIpc) is 3.45. The van der Waals surface area contributed by atoms with E-state index < -0.39 is 17.6 Å². The van der Waals surface area contributed by atoms with Crippen LogP contribution < -0.4 is 0 Å². The highest BCUT2D eigenvalue weighted by atomic mass is 19.4. The molecule has 0 amide bonds. The zero-order valence-electron chi connectivity index (χ0n) is 25.2. The van der Waals surface area contributed by atoms with E-state index in [9.17, 15) is 17.6 Å². The van der Waals surface area contributed by atoms with Gasteiger partial charge in [-0.15, -0.1) is 0 Å². The SMILES string of the molecule is Fc1cccc(-c2ccc(-c3nc(-c4ccccc4)nc(-c4ccccc4)n3)c(-n3c4ccccc4c4ccc(C(F)(F)F)cc43)c2)c1. The molecule has 2 heterocycles. The first-order chi connectivity index (χ1) is 23.3. The van der Waals surface area contributed by atoms with Crippen molar-refractivity contribution in [2.75, 3.05) is 0 Å². The van der Waals surface area contributed by atoms with Crippen molar-refractivity contribution in [3.05, 3.63) is 157 Å². The quantitative estimate of drug-likeness (QED) is 0.177. The number of hydrogen-bond acceptors (Lipinski definition) is 3. The normalized spacial score (nSPS) is 11.8. The molecule has 8 rings (SSSR count). The van der Waals surface area contributed by atoms with E-state index in [1.54, 1.807) is 12.1 Å². The maximum absolute atomic E-state index is 14.4. The molecule has 0 saturated carbocycles. The van der Waals surface area contributed by atoms with E-state index in [-0.39, 0.29) is 0 Å². The summed E-state index contributed by atoms with van der Waals surface area (Å²) >= 11 is 0. The van der Waals surface area contributed by atoms with Crippen molar-refractivity contribution in [1.29, 1.82) is 0 Å². The van der Waals surface area contributed by atoms with Gasteiger partial charge in [-0.05, 0) is 53.6 Å². The van der Waals surface area contributed by atoms with Crippen LogP contribution in [0.5, 0.6) is 0 Å². The highest BCUT2D eigenvalue weighted by Gasteiger charge is 2.31. The van der Waals surface area contributed by atoms with Gasteiger partial charge in [-0.25, -0.2) is 19.3 Å². The van der Waals surface area contributed by atoms with Crippen LogP contribution in [0.4, 0.5) is 17.6 Å². The summed E-state index contributed by atoms with van der Waals surface area (Å²) in [5, 5.41) is 1.44. The van der Waals surface area contributed by atoms with Gasteiger partial charge in [-0.2, -0.15) is 13.2 Å². The zero-order valence-corrected chi connectivity index (χ0v) is 25.2. The summed E-state index contributed by atoms with van der Waals surface area (Å²) < 4.78 is 58.6. The van der Waals surface area contributed by atoms with Crippen LogP contribution in [0.15, 0.2) is 146 Å². The van der Waals surface area contributed by atoms with E-state index in [4.69, 9.17) is 15.0 Å². The van der Waals surface area contributed by atoms with Crippen LogP contribution in [0, 0.1) is 5.82 Å². The number of alkyl halides is 3. The van der Waals surface area contributed by atoms with Crippen LogP contribution >= 0.6 is 0 Å². The molecule has 2 aromatic heterocycles. The smallest absolute Gasteiger partial charge is 0.308 e. The van der Waals surface area contributed by atoms with Gasteiger partial charge in [0.05, 0.1) is 22.3 Å². The van der Waals surface area contributed by atoms with Gasteiger partial charge in [0, 0.05) is 27.5 Å². The van der Waals surface area contributed by atoms with Crippen LogP contribution in [0.1, 0.15) is 5.56 Å². The van der Waals surface area contributed by atoms with Crippen LogP contribution in [0.3, 0.4) is 0 Å². The fraction of sp³-hybridized carbons (Fsp3) is 0.0250. The Morgan fingerprint density at radius 3 is 1.71 bits per heavy atom. The first-order valence-electron chi connectivity index (χ1n) is 15.2. The van der Waals surface area contributed by atoms with E-state index in [1.165, 1.54) is 24.3 Å². The second-order valence-electron chi connectivity index (χ2n) is 11.4. The van der Waals surface area contributed by atoms with Crippen LogP contribution in [0.2, 0.25) is 0 Å². The molecule has 0 aliphatic carbocycles. The van der Waals surface area contributed by atoms with E-state index in [1.807, 2.05) is 108 Å². The highest BCUT2D eigenvalue weighted by molar-refractivity contribution is 6.10. The van der Waals surface area contributed by atoms with Crippen LogP contribution in [-0.4, -0.2) is 19.5 Å². The predicted molar refractivity (Wildman–Crippen MR) is 181 cm³/mol. The number of halogens is 4. The molecular formula is C40H24F4N4. The summed E-state index contributed by atoms with van der Waals surface area (Å²) in [5.74, 6) is 0.825. The third-order valence-electron chi connectivity index (χ3n) is 8.34.